The molecule has 2 rings (SSSR count). The van der Waals surface area contributed by atoms with Gasteiger partial charge in [0.15, 0.2) is 13.2 Å². The van der Waals surface area contributed by atoms with Crippen LogP contribution in [0.15, 0.2) is 33.5 Å². The van der Waals surface area contributed by atoms with E-state index >= 15 is 0 Å². The van der Waals surface area contributed by atoms with Gasteiger partial charge in [0, 0.05) is 23.1 Å². The van der Waals surface area contributed by atoms with E-state index in [0.717, 1.165) is 10.9 Å². The zero-order chi connectivity index (χ0) is 18.6. The molecule has 1 amide bonds. The summed E-state index contributed by atoms with van der Waals surface area (Å²) in [6.07, 6.45) is 0. The Labute approximate surface area is 144 Å². The van der Waals surface area contributed by atoms with Gasteiger partial charge >= 0.3 is 11.6 Å². The summed E-state index contributed by atoms with van der Waals surface area (Å²) in [6.45, 7) is 6.57. The molecule has 7 heteroatoms. The van der Waals surface area contributed by atoms with Crippen molar-refractivity contribution in [3.8, 4) is 5.75 Å². The number of nitrogens with one attached hydrogen (secondary N) is 1. The zero-order valence-corrected chi connectivity index (χ0v) is 14.7. The lowest BCUT2D eigenvalue weighted by molar-refractivity contribution is -0.150. The molecule has 0 saturated carbocycles. The van der Waals surface area contributed by atoms with Gasteiger partial charge in [-0.15, -0.1) is 0 Å². The maximum absolute atomic E-state index is 11.7. The third-order valence-corrected chi connectivity index (χ3v) is 3.16. The SMILES string of the molecule is Cc1cc(=O)oc2cc(OCC(=O)OCC(=O)NC(C)(C)C)ccc12. The molecule has 1 aromatic carbocycles. The molecule has 0 radical (unpaired) electrons. The predicted octanol–water partition coefficient (Wildman–Crippen LogP) is 1.94. The minimum absolute atomic E-state index is 0.357. The fraction of sp³-hybridized carbons (Fsp3) is 0.389. The maximum Gasteiger partial charge on any atom is 0.344 e. The maximum atomic E-state index is 11.7. The Kier molecular flexibility index (Phi) is 5.46. The zero-order valence-electron chi connectivity index (χ0n) is 14.7. The lowest BCUT2D eigenvalue weighted by Crippen LogP contribution is -2.43. The number of fused-ring (bicyclic) bond motifs is 1. The van der Waals surface area contributed by atoms with Crippen molar-refractivity contribution in [1.29, 1.82) is 0 Å². The molecule has 0 fully saturated rings. The van der Waals surface area contributed by atoms with Gasteiger partial charge in [-0.05, 0) is 45.4 Å². The number of carbonyl (C=O) groups is 2. The van der Waals surface area contributed by atoms with Crippen molar-refractivity contribution >= 4 is 22.8 Å². The van der Waals surface area contributed by atoms with Crippen LogP contribution >= 0.6 is 0 Å². The van der Waals surface area contributed by atoms with Gasteiger partial charge in [-0.2, -0.15) is 0 Å². The highest BCUT2D eigenvalue weighted by atomic mass is 16.6. The molecule has 0 aliphatic carbocycles. The van der Waals surface area contributed by atoms with Crippen LogP contribution in [-0.4, -0.2) is 30.6 Å². The van der Waals surface area contributed by atoms with E-state index in [1.165, 1.54) is 12.1 Å². The summed E-state index contributed by atoms with van der Waals surface area (Å²) in [5.41, 5.74) is 0.321. The topological polar surface area (TPSA) is 94.8 Å². The fourth-order valence-corrected chi connectivity index (χ4v) is 2.18. The number of aryl methyl sites for hydroxylation is 1. The van der Waals surface area contributed by atoms with Gasteiger partial charge < -0.3 is 19.2 Å². The summed E-state index contributed by atoms with van der Waals surface area (Å²) in [5.74, 6) is -0.698. The highest BCUT2D eigenvalue weighted by Gasteiger charge is 2.15. The van der Waals surface area contributed by atoms with Gasteiger partial charge in [0.2, 0.25) is 0 Å². The first kappa shape index (κ1) is 18.5. The van der Waals surface area contributed by atoms with Crippen molar-refractivity contribution in [2.75, 3.05) is 13.2 Å². The molecule has 7 nitrogen and oxygen atoms in total. The van der Waals surface area contributed by atoms with Crippen LogP contribution in [0.1, 0.15) is 26.3 Å². The second-order valence-electron chi connectivity index (χ2n) is 6.65. The van der Waals surface area contributed by atoms with Crippen molar-refractivity contribution in [2.45, 2.75) is 33.2 Å². The fourth-order valence-electron chi connectivity index (χ4n) is 2.18. The summed E-state index contributed by atoms with van der Waals surface area (Å²) in [7, 11) is 0. The third-order valence-electron chi connectivity index (χ3n) is 3.16. The van der Waals surface area contributed by atoms with Crippen LogP contribution in [0.4, 0.5) is 0 Å². The lowest BCUT2D eigenvalue weighted by atomic mass is 10.1. The van der Waals surface area contributed by atoms with Crippen LogP contribution < -0.4 is 15.7 Å². The molecule has 0 atom stereocenters. The van der Waals surface area contributed by atoms with Crippen LogP contribution in [0.3, 0.4) is 0 Å². The van der Waals surface area contributed by atoms with Gasteiger partial charge in [-0.1, -0.05) is 0 Å². The molecule has 0 bridgehead atoms. The molecule has 25 heavy (non-hydrogen) atoms. The van der Waals surface area contributed by atoms with Gasteiger partial charge in [0.25, 0.3) is 5.91 Å². The minimum Gasteiger partial charge on any atom is -0.482 e. The summed E-state index contributed by atoms with van der Waals surface area (Å²) < 4.78 is 15.3. The minimum atomic E-state index is -0.671. The normalized spacial score (nSPS) is 11.2. The molecule has 0 unspecified atom stereocenters. The smallest absolute Gasteiger partial charge is 0.344 e. The number of benzene rings is 1. The summed E-state index contributed by atoms with van der Waals surface area (Å²) in [5, 5.41) is 3.47. The van der Waals surface area contributed by atoms with Crippen molar-refractivity contribution in [2.24, 2.45) is 0 Å². The molecule has 1 aromatic heterocycles. The molecule has 0 saturated heterocycles. The Balaban J connectivity index is 1.90. The first-order valence-electron chi connectivity index (χ1n) is 7.78. The Bertz CT molecular complexity index is 847. The first-order valence-corrected chi connectivity index (χ1v) is 7.78. The van der Waals surface area contributed by atoms with E-state index in [1.54, 1.807) is 19.1 Å². The van der Waals surface area contributed by atoms with Crippen molar-refractivity contribution in [3.63, 3.8) is 0 Å². The van der Waals surface area contributed by atoms with Gasteiger partial charge in [-0.3, -0.25) is 4.79 Å². The van der Waals surface area contributed by atoms with E-state index in [9.17, 15) is 14.4 Å². The van der Waals surface area contributed by atoms with E-state index in [-0.39, 0.29) is 19.1 Å². The molecule has 134 valence electrons. The quantitative estimate of drug-likeness (QED) is 0.656. The predicted molar refractivity (Wildman–Crippen MR) is 91.6 cm³/mol. The highest BCUT2D eigenvalue weighted by Crippen LogP contribution is 2.22. The molecule has 0 aliphatic heterocycles. The Hall–Kier alpha value is -2.83. The first-order chi connectivity index (χ1) is 11.6. The van der Waals surface area contributed by atoms with E-state index in [4.69, 9.17) is 13.9 Å². The summed E-state index contributed by atoms with van der Waals surface area (Å²) in [6, 6.07) is 6.34. The molecular weight excluding hydrogens is 326 g/mol. The second-order valence-corrected chi connectivity index (χ2v) is 6.65. The number of amides is 1. The molecule has 2 aromatic rings. The Morgan fingerprint density at radius 2 is 1.88 bits per heavy atom. The number of esters is 1. The second kappa shape index (κ2) is 7.38. The van der Waals surface area contributed by atoms with E-state index in [0.29, 0.717) is 11.3 Å². The van der Waals surface area contributed by atoms with Crippen LogP contribution in [0.5, 0.6) is 5.75 Å². The average molecular weight is 347 g/mol. The molecule has 1 heterocycles. The largest absolute Gasteiger partial charge is 0.482 e. The van der Waals surface area contributed by atoms with Crippen LogP contribution in [0.25, 0.3) is 11.0 Å². The monoisotopic (exact) mass is 347 g/mol. The average Bonchev–Trinajstić information content (AvgIpc) is 2.48. The summed E-state index contributed by atoms with van der Waals surface area (Å²) in [4.78, 5) is 34.6. The number of hydrogen-bond donors (Lipinski definition) is 1. The van der Waals surface area contributed by atoms with Crippen LogP contribution in [0, 0.1) is 6.92 Å². The van der Waals surface area contributed by atoms with Crippen LogP contribution in [-0.2, 0) is 14.3 Å². The van der Waals surface area contributed by atoms with Gasteiger partial charge in [0.1, 0.15) is 11.3 Å². The lowest BCUT2D eigenvalue weighted by Gasteiger charge is -2.20. The number of hydrogen-bond acceptors (Lipinski definition) is 6. The van der Waals surface area contributed by atoms with Gasteiger partial charge in [0.05, 0.1) is 0 Å². The van der Waals surface area contributed by atoms with Gasteiger partial charge in [-0.25, -0.2) is 9.59 Å². The van der Waals surface area contributed by atoms with E-state index in [1.807, 2.05) is 20.8 Å². The molecule has 0 spiro atoms. The van der Waals surface area contributed by atoms with Crippen molar-refractivity contribution in [1.82, 2.24) is 5.32 Å². The number of ether oxygens (including phenoxy) is 2. The van der Waals surface area contributed by atoms with Crippen molar-refractivity contribution < 1.29 is 23.5 Å². The Morgan fingerprint density at radius 3 is 2.56 bits per heavy atom. The number of carbonyl (C=O) groups excluding carboxylic acids is 2. The Morgan fingerprint density at radius 1 is 1.16 bits per heavy atom. The van der Waals surface area contributed by atoms with E-state index < -0.39 is 17.1 Å². The summed E-state index contributed by atoms with van der Waals surface area (Å²) >= 11 is 0. The standard InChI is InChI=1S/C18H21NO6/c1-11-7-16(21)25-14-8-12(5-6-13(11)14)23-10-17(22)24-9-15(20)19-18(2,3)4/h5-8H,9-10H2,1-4H3,(H,19,20). The number of rotatable bonds is 5. The van der Waals surface area contributed by atoms with Crippen LogP contribution in [0.2, 0.25) is 0 Å². The molecule has 1 N–H and O–H groups in total. The van der Waals surface area contributed by atoms with Crippen molar-refractivity contribution in [3.05, 3.63) is 40.2 Å². The molecular formula is C18H21NO6. The van der Waals surface area contributed by atoms with E-state index in [2.05, 4.69) is 5.32 Å². The highest BCUT2D eigenvalue weighted by molar-refractivity contribution is 5.82. The third kappa shape index (κ3) is 5.63. The molecule has 0 aliphatic rings.